The number of aryl methyl sites for hydroxylation is 2. The second kappa shape index (κ2) is 8.74. The van der Waals surface area contributed by atoms with Crippen molar-refractivity contribution in [2.24, 2.45) is 0 Å². The SMILES string of the molecule is Cc1cccc(C)c1NC(=O)COC(=O)CNS(=O)(=O)c1ccc(F)cc1. The quantitative estimate of drug-likeness (QED) is 0.699. The Kier molecular flexibility index (Phi) is 6.65. The van der Waals surface area contributed by atoms with Gasteiger partial charge in [-0.3, -0.25) is 9.59 Å². The van der Waals surface area contributed by atoms with Crippen LogP contribution in [0.25, 0.3) is 0 Å². The van der Waals surface area contributed by atoms with E-state index in [1.54, 1.807) is 0 Å². The molecule has 0 spiro atoms. The normalized spacial score (nSPS) is 11.1. The van der Waals surface area contributed by atoms with Gasteiger partial charge < -0.3 is 10.1 Å². The van der Waals surface area contributed by atoms with Crippen LogP contribution in [-0.4, -0.2) is 33.4 Å². The predicted octanol–water partition coefficient (Wildman–Crippen LogP) is 1.90. The molecule has 144 valence electrons. The van der Waals surface area contributed by atoms with E-state index in [2.05, 4.69) is 5.32 Å². The number of rotatable bonds is 7. The number of carbonyl (C=O) groups is 2. The molecular formula is C18H19FN2O5S. The largest absolute Gasteiger partial charge is 0.455 e. The van der Waals surface area contributed by atoms with Gasteiger partial charge in [0.2, 0.25) is 10.0 Å². The number of para-hydroxylation sites is 1. The van der Waals surface area contributed by atoms with Gasteiger partial charge in [-0.05, 0) is 49.2 Å². The zero-order valence-electron chi connectivity index (χ0n) is 14.8. The van der Waals surface area contributed by atoms with Gasteiger partial charge >= 0.3 is 5.97 Å². The number of esters is 1. The molecule has 0 aliphatic rings. The van der Waals surface area contributed by atoms with E-state index >= 15 is 0 Å². The summed E-state index contributed by atoms with van der Waals surface area (Å²) in [5.41, 5.74) is 2.36. The maximum absolute atomic E-state index is 12.8. The average Bonchev–Trinajstić information content (AvgIpc) is 2.62. The summed E-state index contributed by atoms with van der Waals surface area (Å²) in [5, 5.41) is 2.65. The van der Waals surface area contributed by atoms with Gasteiger partial charge in [-0.2, -0.15) is 4.72 Å². The molecule has 0 fully saturated rings. The van der Waals surface area contributed by atoms with Crippen LogP contribution in [0.1, 0.15) is 11.1 Å². The van der Waals surface area contributed by atoms with Crippen molar-refractivity contribution >= 4 is 27.6 Å². The van der Waals surface area contributed by atoms with Crippen LogP contribution in [-0.2, 0) is 24.3 Å². The fourth-order valence-corrected chi connectivity index (χ4v) is 3.20. The summed E-state index contributed by atoms with van der Waals surface area (Å²) >= 11 is 0. The van der Waals surface area contributed by atoms with Crippen molar-refractivity contribution in [3.63, 3.8) is 0 Å². The molecule has 2 aromatic rings. The predicted molar refractivity (Wildman–Crippen MR) is 97.1 cm³/mol. The highest BCUT2D eigenvalue weighted by Gasteiger charge is 2.17. The number of anilines is 1. The number of hydrogen-bond acceptors (Lipinski definition) is 5. The molecule has 27 heavy (non-hydrogen) atoms. The van der Waals surface area contributed by atoms with Gasteiger partial charge in [0, 0.05) is 5.69 Å². The Bertz CT molecular complexity index is 922. The summed E-state index contributed by atoms with van der Waals surface area (Å²) in [6.45, 7) is 2.46. The number of carbonyl (C=O) groups excluding carboxylic acids is 2. The Labute approximate surface area is 156 Å². The monoisotopic (exact) mass is 394 g/mol. The van der Waals surface area contributed by atoms with Crippen molar-refractivity contribution in [3.05, 3.63) is 59.4 Å². The van der Waals surface area contributed by atoms with Gasteiger partial charge in [-0.1, -0.05) is 18.2 Å². The number of benzene rings is 2. The van der Waals surface area contributed by atoms with Crippen LogP contribution >= 0.6 is 0 Å². The van der Waals surface area contributed by atoms with E-state index in [1.807, 2.05) is 36.8 Å². The molecular weight excluding hydrogens is 375 g/mol. The van der Waals surface area contributed by atoms with E-state index in [0.29, 0.717) is 5.69 Å². The summed E-state index contributed by atoms with van der Waals surface area (Å²) in [5.74, 6) is -2.04. The van der Waals surface area contributed by atoms with E-state index in [1.165, 1.54) is 0 Å². The Morgan fingerprint density at radius 1 is 1.04 bits per heavy atom. The zero-order valence-corrected chi connectivity index (χ0v) is 15.6. The van der Waals surface area contributed by atoms with Crippen molar-refractivity contribution in [2.75, 3.05) is 18.5 Å². The fraction of sp³-hybridized carbons (Fsp3) is 0.222. The van der Waals surface area contributed by atoms with Crippen LogP contribution in [0.4, 0.5) is 10.1 Å². The van der Waals surface area contributed by atoms with Crippen LogP contribution in [0.3, 0.4) is 0 Å². The summed E-state index contributed by atoms with van der Waals surface area (Å²) in [6.07, 6.45) is 0. The minimum atomic E-state index is -3.99. The Morgan fingerprint density at radius 3 is 2.22 bits per heavy atom. The second-order valence-electron chi connectivity index (χ2n) is 5.75. The van der Waals surface area contributed by atoms with Gasteiger partial charge in [0.25, 0.3) is 5.91 Å². The molecule has 2 N–H and O–H groups in total. The van der Waals surface area contributed by atoms with Crippen LogP contribution in [0.5, 0.6) is 0 Å². The molecule has 1 amide bonds. The van der Waals surface area contributed by atoms with Crippen molar-refractivity contribution in [1.29, 1.82) is 0 Å². The first-order chi connectivity index (χ1) is 12.7. The molecule has 0 saturated carbocycles. The minimum Gasteiger partial charge on any atom is -0.455 e. The molecule has 0 bridgehead atoms. The van der Waals surface area contributed by atoms with Crippen molar-refractivity contribution < 1.29 is 27.1 Å². The molecule has 0 heterocycles. The average molecular weight is 394 g/mol. The molecule has 0 radical (unpaired) electrons. The van der Waals surface area contributed by atoms with Crippen LogP contribution in [0.2, 0.25) is 0 Å². The van der Waals surface area contributed by atoms with Crippen molar-refractivity contribution in [2.45, 2.75) is 18.7 Å². The van der Waals surface area contributed by atoms with Crippen LogP contribution in [0, 0.1) is 19.7 Å². The van der Waals surface area contributed by atoms with Gasteiger partial charge in [-0.25, -0.2) is 12.8 Å². The molecule has 0 saturated heterocycles. The standard InChI is InChI=1S/C18H19FN2O5S/c1-12-4-3-5-13(2)18(12)21-16(22)11-26-17(23)10-20-27(24,25)15-8-6-14(19)7-9-15/h3-9,20H,10-11H2,1-2H3,(H,21,22). The molecule has 0 unspecified atom stereocenters. The molecule has 7 nitrogen and oxygen atoms in total. The van der Waals surface area contributed by atoms with E-state index in [4.69, 9.17) is 4.74 Å². The van der Waals surface area contributed by atoms with Crippen molar-refractivity contribution in [1.82, 2.24) is 4.72 Å². The van der Waals surface area contributed by atoms with E-state index in [0.717, 1.165) is 35.4 Å². The highest BCUT2D eigenvalue weighted by Crippen LogP contribution is 2.19. The van der Waals surface area contributed by atoms with Crippen LogP contribution in [0.15, 0.2) is 47.4 Å². The molecule has 0 atom stereocenters. The molecule has 2 aromatic carbocycles. The number of ether oxygens (including phenoxy) is 1. The van der Waals surface area contributed by atoms with Gasteiger partial charge in [-0.15, -0.1) is 0 Å². The number of hydrogen-bond donors (Lipinski definition) is 2. The fourth-order valence-electron chi connectivity index (χ4n) is 2.24. The van der Waals surface area contributed by atoms with Gasteiger partial charge in [0.15, 0.2) is 6.61 Å². The zero-order chi connectivity index (χ0) is 20.0. The summed E-state index contributed by atoms with van der Waals surface area (Å²) in [4.78, 5) is 23.4. The first kappa shape index (κ1) is 20.5. The second-order valence-corrected chi connectivity index (χ2v) is 7.52. The van der Waals surface area contributed by atoms with Gasteiger partial charge in [0.1, 0.15) is 12.4 Å². The third kappa shape index (κ3) is 5.87. The number of sulfonamides is 1. The lowest BCUT2D eigenvalue weighted by molar-refractivity contribution is -0.146. The number of nitrogens with one attached hydrogen (secondary N) is 2. The highest BCUT2D eigenvalue weighted by atomic mass is 32.2. The molecule has 2 rings (SSSR count). The lowest BCUT2D eigenvalue weighted by atomic mass is 10.1. The van der Waals surface area contributed by atoms with Gasteiger partial charge in [0.05, 0.1) is 4.90 Å². The smallest absolute Gasteiger partial charge is 0.321 e. The lowest BCUT2D eigenvalue weighted by Gasteiger charge is -2.12. The maximum Gasteiger partial charge on any atom is 0.321 e. The number of amides is 1. The topological polar surface area (TPSA) is 102 Å². The van der Waals surface area contributed by atoms with E-state index in [9.17, 15) is 22.4 Å². The molecule has 0 aromatic heterocycles. The van der Waals surface area contributed by atoms with Crippen molar-refractivity contribution in [3.8, 4) is 0 Å². The van der Waals surface area contributed by atoms with Crippen LogP contribution < -0.4 is 10.0 Å². The van der Waals surface area contributed by atoms with E-state index in [-0.39, 0.29) is 4.90 Å². The Hall–Kier alpha value is -2.78. The third-order valence-electron chi connectivity index (χ3n) is 3.64. The first-order valence-electron chi connectivity index (χ1n) is 7.96. The minimum absolute atomic E-state index is 0.190. The molecule has 0 aliphatic heterocycles. The lowest BCUT2D eigenvalue weighted by Crippen LogP contribution is -2.32. The Balaban J connectivity index is 1.84. The summed E-state index contributed by atoms with van der Waals surface area (Å²) in [6, 6.07) is 9.64. The third-order valence-corrected chi connectivity index (χ3v) is 5.06. The summed E-state index contributed by atoms with van der Waals surface area (Å²) < 4.78 is 43.6. The van der Waals surface area contributed by atoms with E-state index < -0.39 is 40.9 Å². The molecule has 9 heteroatoms. The highest BCUT2D eigenvalue weighted by molar-refractivity contribution is 7.89. The first-order valence-corrected chi connectivity index (χ1v) is 9.44. The number of halogens is 1. The summed E-state index contributed by atoms with van der Waals surface area (Å²) in [7, 11) is -3.99. The maximum atomic E-state index is 12.8. The Morgan fingerprint density at radius 2 is 1.63 bits per heavy atom. The molecule has 0 aliphatic carbocycles.